The molecule has 1 aliphatic carbocycles. The highest BCUT2D eigenvalue weighted by molar-refractivity contribution is 7.16. The maximum absolute atomic E-state index is 12.5. The Morgan fingerprint density at radius 2 is 2.04 bits per heavy atom. The molecular formula is C19H18N4O2S. The molecule has 3 N–H and O–H groups in total. The second kappa shape index (κ2) is 6.81. The number of fused-ring (bicyclic) bond motifs is 2. The molecule has 132 valence electrons. The summed E-state index contributed by atoms with van der Waals surface area (Å²) < 4.78 is 0. The number of nitrogens with one attached hydrogen (secondary N) is 3. The molecule has 1 atom stereocenters. The molecule has 26 heavy (non-hydrogen) atoms. The Morgan fingerprint density at radius 3 is 2.85 bits per heavy atom. The molecule has 0 saturated heterocycles. The maximum Gasteiger partial charge on any atom is 0.247 e. The molecule has 0 unspecified atom stereocenters. The molecule has 1 aromatic heterocycles. The van der Waals surface area contributed by atoms with Crippen molar-refractivity contribution < 1.29 is 9.59 Å². The second-order valence-corrected chi connectivity index (χ2v) is 7.62. The first-order chi connectivity index (χ1) is 12.7. The van der Waals surface area contributed by atoms with E-state index < -0.39 is 6.04 Å². The van der Waals surface area contributed by atoms with Gasteiger partial charge in [0.05, 0.1) is 23.4 Å². The SMILES string of the molecule is N#Cc1c(NC(=O)C[C@@H]2Nc3ccccc3NC2=O)sc2c1CCCC2. The summed E-state index contributed by atoms with van der Waals surface area (Å²) in [6.45, 7) is 0. The minimum absolute atomic E-state index is 0.00754. The van der Waals surface area contributed by atoms with Gasteiger partial charge in [0, 0.05) is 4.88 Å². The summed E-state index contributed by atoms with van der Waals surface area (Å²) in [6.07, 6.45) is 4.07. The van der Waals surface area contributed by atoms with Crippen LogP contribution in [-0.4, -0.2) is 17.9 Å². The van der Waals surface area contributed by atoms with E-state index in [0.717, 1.165) is 36.9 Å². The van der Waals surface area contributed by atoms with E-state index >= 15 is 0 Å². The van der Waals surface area contributed by atoms with Crippen LogP contribution < -0.4 is 16.0 Å². The highest BCUT2D eigenvalue weighted by Crippen LogP contribution is 2.37. The lowest BCUT2D eigenvalue weighted by Gasteiger charge is -2.26. The molecule has 0 bridgehead atoms. The fourth-order valence-electron chi connectivity index (χ4n) is 3.47. The van der Waals surface area contributed by atoms with E-state index in [2.05, 4.69) is 22.0 Å². The van der Waals surface area contributed by atoms with Crippen LogP contribution in [0.15, 0.2) is 24.3 Å². The van der Waals surface area contributed by atoms with Gasteiger partial charge in [0.25, 0.3) is 0 Å². The lowest BCUT2D eigenvalue weighted by atomic mass is 9.96. The predicted molar refractivity (Wildman–Crippen MR) is 101 cm³/mol. The standard InChI is InChI=1S/C19H18N4O2S/c20-10-12-11-5-1-4-8-16(11)26-19(12)23-17(24)9-15-18(25)22-14-7-3-2-6-13(14)21-15/h2-3,6-7,15,21H,1,4-5,8-9H2,(H,22,25)(H,23,24)/t15-/m0/s1. The fourth-order valence-corrected chi connectivity index (χ4v) is 4.73. The van der Waals surface area contributed by atoms with Crippen molar-refractivity contribution in [3.8, 4) is 6.07 Å². The van der Waals surface area contributed by atoms with Crippen molar-refractivity contribution in [1.82, 2.24) is 0 Å². The molecule has 2 aliphatic rings. The van der Waals surface area contributed by atoms with Crippen LogP contribution >= 0.6 is 11.3 Å². The van der Waals surface area contributed by atoms with Crippen molar-refractivity contribution in [1.29, 1.82) is 5.26 Å². The highest BCUT2D eigenvalue weighted by Gasteiger charge is 2.28. The summed E-state index contributed by atoms with van der Waals surface area (Å²) in [5.74, 6) is -0.503. The number of rotatable bonds is 3. The first-order valence-corrected chi connectivity index (χ1v) is 9.48. The average Bonchev–Trinajstić information content (AvgIpc) is 2.99. The van der Waals surface area contributed by atoms with Gasteiger partial charge in [-0.25, -0.2) is 0 Å². The molecule has 4 rings (SSSR count). The third-order valence-corrected chi connectivity index (χ3v) is 5.96. The maximum atomic E-state index is 12.5. The molecule has 2 amide bonds. The number of carbonyl (C=O) groups excluding carboxylic acids is 2. The lowest BCUT2D eigenvalue weighted by Crippen LogP contribution is -2.41. The largest absolute Gasteiger partial charge is 0.372 e. The van der Waals surface area contributed by atoms with Crippen LogP contribution in [0.25, 0.3) is 0 Å². The molecular weight excluding hydrogens is 348 g/mol. The minimum atomic E-state index is -0.634. The molecule has 1 aromatic carbocycles. The molecule has 7 heteroatoms. The summed E-state index contributed by atoms with van der Waals surface area (Å²) >= 11 is 1.49. The van der Waals surface area contributed by atoms with Gasteiger partial charge in [0.2, 0.25) is 11.8 Å². The zero-order chi connectivity index (χ0) is 18.1. The first-order valence-electron chi connectivity index (χ1n) is 8.66. The molecule has 0 radical (unpaired) electrons. The van der Waals surface area contributed by atoms with E-state index in [1.807, 2.05) is 24.3 Å². The summed E-state index contributed by atoms with van der Waals surface area (Å²) in [7, 11) is 0. The van der Waals surface area contributed by atoms with E-state index in [1.54, 1.807) is 0 Å². The zero-order valence-electron chi connectivity index (χ0n) is 14.1. The van der Waals surface area contributed by atoms with Crippen LogP contribution in [0.4, 0.5) is 16.4 Å². The first kappa shape index (κ1) is 16.6. The number of thiophene rings is 1. The van der Waals surface area contributed by atoms with Crippen LogP contribution in [0, 0.1) is 11.3 Å². The summed E-state index contributed by atoms with van der Waals surface area (Å²) in [5, 5.41) is 18.9. The van der Waals surface area contributed by atoms with Gasteiger partial charge in [-0.3, -0.25) is 9.59 Å². The Labute approximate surface area is 155 Å². The second-order valence-electron chi connectivity index (χ2n) is 6.51. The van der Waals surface area contributed by atoms with Gasteiger partial charge in [0.1, 0.15) is 17.1 Å². The summed E-state index contributed by atoms with van der Waals surface area (Å²) in [6, 6.07) is 8.99. The van der Waals surface area contributed by atoms with E-state index in [1.165, 1.54) is 16.2 Å². The zero-order valence-corrected chi connectivity index (χ0v) is 14.9. The Balaban J connectivity index is 1.48. The predicted octanol–water partition coefficient (Wildman–Crippen LogP) is 3.26. The number of benzene rings is 1. The van der Waals surface area contributed by atoms with Crippen molar-refractivity contribution in [3.05, 3.63) is 40.3 Å². The Morgan fingerprint density at radius 1 is 1.27 bits per heavy atom. The van der Waals surface area contributed by atoms with Crippen molar-refractivity contribution in [2.75, 3.05) is 16.0 Å². The minimum Gasteiger partial charge on any atom is -0.372 e. The molecule has 0 spiro atoms. The van der Waals surface area contributed by atoms with Crippen LogP contribution in [0.2, 0.25) is 0 Å². The van der Waals surface area contributed by atoms with Gasteiger partial charge in [-0.15, -0.1) is 11.3 Å². The van der Waals surface area contributed by atoms with Gasteiger partial charge in [-0.05, 0) is 43.4 Å². The Bertz CT molecular complexity index is 928. The van der Waals surface area contributed by atoms with Gasteiger partial charge in [-0.1, -0.05) is 12.1 Å². The quantitative estimate of drug-likeness (QED) is 0.777. The number of amides is 2. The molecule has 0 fully saturated rings. The average molecular weight is 366 g/mol. The van der Waals surface area contributed by atoms with Crippen LogP contribution in [0.5, 0.6) is 0 Å². The third-order valence-electron chi connectivity index (χ3n) is 4.76. The summed E-state index contributed by atoms with van der Waals surface area (Å²) in [5.41, 5.74) is 3.19. The molecule has 2 heterocycles. The van der Waals surface area contributed by atoms with Gasteiger partial charge in [0.15, 0.2) is 0 Å². The monoisotopic (exact) mass is 366 g/mol. The Hall–Kier alpha value is -2.85. The number of aryl methyl sites for hydroxylation is 1. The normalized spacial score (nSPS) is 18.0. The fraction of sp³-hybridized carbons (Fsp3) is 0.316. The number of para-hydroxylation sites is 2. The summed E-state index contributed by atoms with van der Waals surface area (Å²) in [4.78, 5) is 25.9. The number of carbonyl (C=O) groups is 2. The number of hydrogen-bond donors (Lipinski definition) is 3. The van der Waals surface area contributed by atoms with Crippen molar-refractivity contribution in [2.24, 2.45) is 0 Å². The van der Waals surface area contributed by atoms with E-state index in [0.29, 0.717) is 16.3 Å². The van der Waals surface area contributed by atoms with E-state index in [9.17, 15) is 14.9 Å². The van der Waals surface area contributed by atoms with Crippen LogP contribution in [0.3, 0.4) is 0 Å². The van der Waals surface area contributed by atoms with E-state index in [-0.39, 0.29) is 18.2 Å². The molecule has 0 saturated carbocycles. The molecule has 1 aliphatic heterocycles. The number of hydrogen-bond acceptors (Lipinski definition) is 5. The molecule has 2 aromatic rings. The third kappa shape index (κ3) is 3.04. The van der Waals surface area contributed by atoms with Gasteiger partial charge in [-0.2, -0.15) is 5.26 Å². The number of anilines is 3. The topological polar surface area (TPSA) is 94.0 Å². The molecule has 6 nitrogen and oxygen atoms in total. The van der Waals surface area contributed by atoms with Crippen molar-refractivity contribution in [2.45, 2.75) is 38.1 Å². The van der Waals surface area contributed by atoms with Gasteiger partial charge >= 0.3 is 0 Å². The number of nitrogens with zero attached hydrogens (tertiary/aromatic N) is 1. The lowest BCUT2D eigenvalue weighted by molar-refractivity contribution is -0.122. The van der Waals surface area contributed by atoms with Crippen molar-refractivity contribution >= 4 is 39.5 Å². The highest BCUT2D eigenvalue weighted by atomic mass is 32.1. The Kier molecular flexibility index (Phi) is 4.35. The van der Waals surface area contributed by atoms with Gasteiger partial charge < -0.3 is 16.0 Å². The van der Waals surface area contributed by atoms with Crippen molar-refractivity contribution in [3.63, 3.8) is 0 Å². The van der Waals surface area contributed by atoms with Crippen LogP contribution in [-0.2, 0) is 22.4 Å². The smallest absolute Gasteiger partial charge is 0.247 e. The number of nitriles is 1. The van der Waals surface area contributed by atoms with Crippen LogP contribution in [0.1, 0.15) is 35.3 Å². The van der Waals surface area contributed by atoms with E-state index in [4.69, 9.17) is 0 Å².